The first-order valence-corrected chi connectivity index (χ1v) is 6.80. The number of primary amides is 1. The van der Waals surface area contributed by atoms with Crippen molar-refractivity contribution in [2.75, 3.05) is 31.1 Å². The highest BCUT2D eigenvalue weighted by Crippen LogP contribution is 2.29. The molecule has 0 bridgehead atoms. The van der Waals surface area contributed by atoms with Gasteiger partial charge in [0.25, 0.3) is 0 Å². The highest BCUT2D eigenvalue weighted by atomic mass is 16.6. The van der Waals surface area contributed by atoms with Gasteiger partial charge in [0.2, 0.25) is 11.7 Å². The standard InChI is InChI=1S/C13H19N5O3/c1-9-3-4-15-13(11(9)18(20)21)17-7-5-16(6-8-17)10(2)12(14)19/h3-4,10H,5-8H2,1-2H3,(H2,14,19). The summed E-state index contributed by atoms with van der Waals surface area (Å²) in [5.74, 6) is 0.0366. The van der Waals surface area contributed by atoms with Gasteiger partial charge in [-0.1, -0.05) is 0 Å². The highest BCUT2D eigenvalue weighted by Gasteiger charge is 2.29. The molecular weight excluding hydrogens is 274 g/mol. The molecule has 0 saturated carbocycles. The molecule has 1 fully saturated rings. The molecule has 114 valence electrons. The lowest BCUT2D eigenvalue weighted by atomic mass is 10.2. The fourth-order valence-corrected chi connectivity index (χ4v) is 2.49. The van der Waals surface area contributed by atoms with Crippen molar-refractivity contribution in [2.45, 2.75) is 19.9 Å². The second-order valence-electron chi connectivity index (χ2n) is 5.16. The summed E-state index contributed by atoms with van der Waals surface area (Å²) in [4.78, 5) is 30.0. The second kappa shape index (κ2) is 6.04. The summed E-state index contributed by atoms with van der Waals surface area (Å²) < 4.78 is 0. The van der Waals surface area contributed by atoms with Crippen LogP contribution in [0.15, 0.2) is 12.3 Å². The van der Waals surface area contributed by atoms with E-state index < -0.39 is 4.92 Å². The highest BCUT2D eigenvalue weighted by molar-refractivity contribution is 5.79. The number of piperazine rings is 1. The number of carbonyl (C=O) groups excluding carboxylic acids is 1. The van der Waals surface area contributed by atoms with Crippen molar-refractivity contribution in [3.8, 4) is 0 Å². The van der Waals surface area contributed by atoms with E-state index in [1.165, 1.54) is 0 Å². The van der Waals surface area contributed by atoms with Crippen molar-refractivity contribution >= 4 is 17.4 Å². The molecule has 8 heteroatoms. The molecule has 0 aromatic carbocycles. The number of carbonyl (C=O) groups is 1. The molecule has 1 aromatic rings. The normalized spacial score (nSPS) is 17.5. The molecule has 21 heavy (non-hydrogen) atoms. The third kappa shape index (κ3) is 3.10. The van der Waals surface area contributed by atoms with Crippen LogP contribution in [-0.2, 0) is 4.79 Å². The fraction of sp³-hybridized carbons (Fsp3) is 0.538. The maximum absolute atomic E-state index is 11.2. The minimum Gasteiger partial charge on any atom is -0.368 e. The van der Waals surface area contributed by atoms with Gasteiger partial charge in [0.15, 0.2) is 0 Å². The van der Waals surface area contributed by atoms with Crippen molar-refractivity contribution < 1.29 is 9.72 Å². The summed E-state index contributed by atoms with van der Waals surface area (Å²) in [7, 11) is 0. The molecule has 1 aliphatic rings. The first-order valence-electron chi connectivity index (χ1n) is 6.80. The summed E-state index contributed by atoms with van der Waals surface area (Å²) in [5, 5.41) is 11.2. The van der Waals surface area contributed by atoms with Crippen LogP contribution in [0.5, 0.6) is 0 Å². The molecule has 1 unspecified atom stereocenters. The van der Waals surface area contributed by atoms with Gasteiger partial charge >= 0.3 is 5.69 Å². The topological polar surface area (TPSA) is 106 Å². The van der Waals surface area contributed by atoms with E-state index in [1.54, 1.807) is 26.1 Å². The van der Waals surface area contributed by atoms with Crippen LogP contribution in [0.4, 0.5) is 11.5 Å². The summed E-state index contributed by atoms with van der Waals surface area (Å²) >= 11 is 0. The lowest BCUT2D eigenvalue weighted by molar-refractivity contribution is -0.384. The van der Waals surface area contributed by atoms with Crippen molar-refractivity contribution in [2.24, 2.45) is 5.73 Å². The van der Waals surface area contributed by atoms with Crippen LogP contribution < -0.4 is 10.6 Å². The maximum Gasteiger partial charge on any atom is 0.314 e. The number of pyridine rings is 1. The number of nitro groups is 1. The summed E-state index contributed by atoms with van der Waals surface area (Å²) in [6.07, 6.45) is 1.58. The zero-order chi connectivity index (χ0) is 15.6. The predicted octanol–water partition coefficient (Wildman–Crippen LogP) is 0.294. The van der Waals surface area contributed by atoms with Gasteiger partial charge in [0.1, 0.15) is 0 Å². The first kappa shape index (κ1) is 15.2. The number of nitrogens with two attached hydrogens (primary N) is 1. The minimum absolute atomic E-state index is 0.0499. The van der Waals surface area contributed by atoms with E-state index >= 15 is 0 Å². The minimum atomic E-state index is -0.393. The van der Waals surface area contributed by atoms with Gasteiger partial charge in [-0.05, 0) is 19.9 Å². The van der Waals surface area contributed by atoms with E-state index in [0.29, 0.717) is 37.6 Å². The van der Waals surface area contributed by atoms with Gasteiger partial charge in [-0.25, -0.2) is 4.98 Å². The molecular formula is C13H19N5O3. The van der Waals surface area contributed by atoms with Gasteiger partial charge in [0.05, 0.1) is 11.0 Å². The molecule has 2 rings (SSSR count). The van der Waals surface area contributed by atoms with E-state index in [0.717, 1.165) is 0 Å². The van der Waals surface area contributed by atoms with E-state index in [4.69, 9.17) is 5.73 Å². The lowest BCUT2D eigenvalue weighted by Gasteiger charge is -2.37. The Morgan fingerprint density at radius 3 is 2.57 bits per heavy atom. The largest absolute Gasteiger partial charge is 0.368 e. The molecule has 2 N–H and O–H groups in total. The zero-order valence-electron chi connectivity index (χ0n) is 12.2. The second-order valence-corrected chi connectivity index (χ2v) is 5.16. The molecule has 8 nitrogen and oxygen atoms in total. The van der Waals surface area contributed by atoms with Crippen LogP contribution in [0.3, 0.4) is 0 Å². The molecule has 0 radical (unpaired) electrons. The smallest absolute Gasteiger partial charge is 0.314 e. The van der Waals surface area contributed by atoms with Crippen molar-refractivity contribution in [3.05, 3.63) is 27.9 Å². The van der Waals surface area contributed by atoms with Crippen molar-refractivity contribution in [1.29, 1.82) is 0 Å². The number of anilines is 1. The Labute approximate surface area is 122 Å². The van der Waals surface area contributed by atoms with Gasteiger partial charge in [-0.3, -0.25) is 19.8 Å². The van der Waals surface area contributed by atoms with Crippen LogP contribution in [0.25, 0.3) is 0 Å². The average Bonchev–Trinajstić information content (AvgIpc) is 2.46. The van der Waals surface area contributed by atoms with Gasteiger partial charge < -0.3 is 10.6 Å². The summed E-state index contributed by atoms with van der Waals surface area (Å²) in [6.45, 7) is 5.87. The van der Waals surface area contributed by atoms with Gasteiger partial charge in [-0.2, -0.15) is 0 Å². The molecule has 1 amide bonds. The van der Waals surface area contributed by atoms with E-state index in [1.807, 2.05) is 9.80 Å². The molecule has 1 aromatic heterocycles. The summed E-state index contributed by atoms with van der Waals surface area (Å²) in [5.41, 5.74) is 5.95. The third-order valence-electron chi connectivity index (χ3n) is 3.86. The van der Waals surface area contributed by atoms with Gasteiger partial charge in [-0.15, -0.1) is 0 Å². The number of aryl methyl sites for hydroxylation is 1. The predicted molar refractivity (Wildman–Crippen MR) is 78.1 cm³/mol. The molecule has 0 spiro atoms. The maximum atomic E-state index is 11.2. The van der Waals surface area contributed by atoms with Crippen molar-refractivity contribution in [1.82, 2.24) is 9.88 Å². The number of hydrogen-bond donors (Lipinski definition) is 1. The van der Waals surface area contributed by atoms with Crippen LogP contribution in [-0.4, -0.2) is 52.9 Å². The average molecular weight is 293 g/mol. The van der Waals surface area contributed by atoms with Crippen LogP contribution >= 0.6 is 0 Å². The molecule has 0 aliphatic carbocycles. The number of rotatable bonds is 4. The number of hydrogen-bond acceptors (Lipinski definition) is 6. The zero-order valence-corrected chi connectivity index (χ0v) is 12.2. The number of amides is 1. The Kier molecular flexibility index (Phi) is 4.37. The Morgan fingerprint density at radius 2 is 2.05 bits per heavy atom. The quantitative estimate of drug-likeness (QED) is 0.632. The fourth-order valence-electron chi connectivity index (χ4n) is 2.49. The summed E-state index contributed by atoms with van der Waals surface area (Å²) in [6, 6.07) is 1.31. The number of aromatic nitrogens is 1. The molecule has 2 heterocycles. The van der Waals surface area contributed by atoms with Crippen LogP contribution in [0.1, 0.15) is 12.5 Å². The van der Waals surface area contributed by atoms with E-state index in [9.17, 15) is 14.9 Å². The Bertz CT molecular complexity index is 555. The first-order chi connectivity index (χ1) is 9.91. The Balaban J connectivity index is 2.15. The third-order valence-corrected chi connectivity index (χ3v) is 3.86. The Hall–Kier alpha value is -2.22. The Morgan fingerprint density at radius 1 is 1.43 bits per heavy atom. The lowest BCUT2D eigenvalue weighted by Crippen LogP contribution is -2.53. The number of nitrogens with zero attached hydrogens (tertiary/aromatic N) is 4. The molecule has 1 saturated heterocycles. The van der Waals surface area contributed by atoms with Crippen LogP contribution in [0, 0.1) is 17.0 Å². The molecule has 1 aliphatic heterocycles. The monoisotopic (exact) mass is 293 g/mol. The SMILES string of the molecule is Cc1ccnc(N2CCN(C(C)C(N)=O)CC2)c1[N+](=O)[O-]. The molecule has 1 atom stereocenters. The van der Waals surface area contributed by atoms with Gasteiger partial charge in [0, 0.05) is 37.9 Å². The van der Waals surface area contributed by atoms with Crippen LogP contribution in [0.2, 0.25) is 0 Å². The van der Waals surface area contributed by atoms with Crippen molar-refractivity contribution in [3.63, 3.8) is 0 Å². The van der Waals surface area contributed by atoms with E-state index in [-0.39, 0.29) is 17.6 Å². The van der Waals surface area contributed by atoms with E-state index in [2.05, 4.69) is 4.98 Å².